The zero-order valence-electron chi connectivity index (χ0n) is 14.4. The van der Waals surface area contributed by atoms with Crippen molar-refractivity contribution in [3.8, 4) is 0 Å². The lowest BCUT2D eigenvalue weighted by molar-refractivity contribution is -0.135. The van der Waals surface area contributed by atoms with Crippen molar-refractivity contribution < 1.29 is 25.3 Å². The monoisotopic (exact) mass is 328 g/mol. The Kier molecular flexibility index (Phi) is 6.60. The highest BCUT2D eigenvalue weighted by Gasteiger charge is 2.40. The molecule has 1 heterocycles. The third-order valence-corrected chi connectivity index (χ3v) is 3.38. The Morgan fingerprint density at radius 1 is 1.39 bits per heavy atom. The molecule has 0 radical (unpaired) electrons. The Balaban J connectivity index is 0.00000529. The largest absolute Gasteiger partial charge is 0.466 e. The van der Waals surface area contributed by atoms with Crippen LogP contribution in [0.3, 0.4) is 0 Å². The Morgan fingerprint density at radius 2 is 2.04 bits per heavy atom. The molecule has 0 unspecified atom stereocenters. The van der Waals surface area contributed by atoms with Crippen LogP contribution in [0.15, 0.2) is 12.2 Å². The lowest BCUT2D eigenvalue weighted by atomic mass is 10.0. The molecule has 7 nitrogen and oxygen atoms in total. The molecule has 1 rings (SSSR count). The fourth-order valence-electron chi connectivity index (χ4n) is 2.03. The normalized spacial score (nSPS) is 19.0. The molecule has 2 atom stereocenters. The predicted molar refractivity (Wildman–Crippen MR) is 86.8 cm³/mol. The van der Waals surface area contributed by atoms with Crippen LogP contribution in [0, 0.1) is 0 Å². The maximum atomic E-state index is 12.3. The van der Waals surface area contributed by atoms with Gasteiger partial charge in [0.1, 0.15) is 11.6 Å². The molecule has 1 aliphatic rings. The molecule has 1 N–H and O–H groups in total. The topological polar surface area (TPSA) is 84.9 Å². The van der Waals surface area contributed by atoms with Crippen LogP contribution in [0.1, 0.15) is 42.0 Å². The molecular weight excluding hydrogens is 300 g/mol. The fourth-order valence-corrected chi connectivity index (χ4v) is 2.03. The highest BCUT2D eigenvalue weighted by molar-refractivity contribution is 5.88. The Bertz CT molecular complexity index is 487. The van der Waals surface area contributed by atoms with Gasteiger partial charge in [-0.15, -0.1) is 0 Å². The summed E-state index contributed by atoms with van der Waals surface area (Å²) in [5.41, 5.74) is -0.594. The van der Waals surface area contributed by atoms with E-state index in [9.17, 15) is 14.4 Å². The van der Waals surface area contributed by atoms with Crippen molar-refractivity contribution in [2.75, 3.05) is 13.7 Å². The number of carbonyl (C=O) groups excluding carboxylic acids is 3. The van der Waals surface area contributed by atoms with E-state index in [2.05, 4.69) is 10.1 Å². The van der Waals surface area contributed by atoms with Crippen molar-refractivity contribution in [2.45, 2.75) is 58.2 Å². The number of hydrogen-bond donors (Lipinski definition) is 1. The molecular formula is C16H28N2O5. The van der Waals surface area contributed by atoms with Gasteiger partial charge in [0.05, 0.1) is 7.11 Å². The maximum absolute atomic E-state index is 12.3. The van der Waals surface area contributed by atoms with Gasteiger partial charge < -0.3 is 14.8 Å². The SMILES string of the molecule is CC[C@@H](/C=C/C(=O)OC)NC(=O)[C@@H]1CCN1C(=O)OC(C)(C)C.[HH]. The van der Waals surface area contributed by atoms with E-state index in [1.54, 1.807) is 26.8 Å². The van der Waals surface area contributed by atoms with E-state index in [-0.39, 0.29) is 13.4 Å². The van der Waals surface area contributed by atoms with Gasteiger partial charge >= 0.3 is 12.1 Å². The first-order valence-electron chi connectivity index (χ1n) is 7.74. The number of carbonyl (C=O) groups is 3. The van der Waals surface area contributed by atoms with Crippen LogP contribution in [0.4, 0.5) is 4.79 Å². The lowest BCUT2D eigenvalue weighted by Crippen LogP contribution is -2.60. The zero-order chi connectivity index (χ0) is 17.6. The van der Waals surface area contributed by atoms with Crippen LogP contribution in [-0.2, 0) is 19.1 Å². The van der Waals surface area contributed by atoms with E-state index in [0.29, 0.717) is 19.4 Å². The van der Waals surface area contributed by atoms with E-state index in [1.807, 2.05) is 6.92 Å². The maximum Gasteiger partial charge on any atom is 0.410 e. The number of amides is 2. The molecule has 0 aliphatic carbocycles. The van der Waals surface area contributed by atoms with Crippen LogP contribution in [0.2, 0.25) is 0 Å². The van der Waals surface area contributed by atoms with E-state index in [1.165, 1.54) is 18.1 Å². The summed E-state index contributed by atoms with van der Waals surface area (Å²) < 4.78 is 9.80. The quantitative estimate of drug-likeness (QED) is 0.615. The third-order valence-electron chi connectivity index (χ3n) is 3.38. The van der Waals surface area contributed by atoms with Gasteiger partial charge in [-0.2, -0.15) is 0 Å². The van der Waals surface area contributed by atoms with Gasteiger partial charge in [-0.05, 0) is 33.6 Å². The van der Waals surface area contributed by atoms with E-state index in [4.69, 9.17) is 4.74 Å². The number of hydrogen-bond acceptors (Lipinski definition) is 5. The molecule has 0 aromatic carbocycles. The molecule has 23 heavy (non-hydrogen) atoms. The third kappa shape index (κ3) is 5.92. The molecule has 2 amide bonds. The molecule has 1 saturated heterocycles. The zero-order valence-corrected chi connectivity index (χ0v) is 14.4. The lowest BCUT2D eigenvalue weighted by Gasteiger charge is -2.40. The second-order valence-corrected chi connectivity index (χ2v) is 6.38. The van der Waals surface area contributed by atoms with E-state index in [0.717, 1.165) is 0 Å². The highest BCUT2D eigenvalue weighted by atomic mass is 16.6. The van der Waals surface area contributed by atoms with Crippen molar-refractivity contribution in [3.63, 3.8) is 0 Å². The fraction of sp³-hybridized carbons (Fsp3) is 0.688. The molecule has 132 valence electrons. The van der Waals surface area contributed by atoms with Gasteiger partial charge in [-0.25, -0.2) is 9.59 Å². The summed E-state index contributed by atoms with van der Waals surface area (Å²) in [6, 6.07) is -0.812. The average molecular weight is 328 g/mol. The Morgan fingerprint density at radius 3 is 2.48 bits per heavy atom. The minimum atomic E-state index is -0.594. The number of likely N-dealkylation sites (tertiary alicyclic amines) is 1. The van der Waals surface area contributed by atoms with Gasteiger partial charge in [0.2, 0.25) is 5.91 Å². The van der Waals surface area contributed by atoms with Crippen molar-refractivity contribution in [1.82, 2.24) is 10.2 Å². The van der Waals surface area contributed by atoms with Crippen LogP contribution in [-0.4, -0.2) is 54.2 Å². The van der Waals surface area contributed by atoms with Crippen LogP contribution >= 0.6 is 0 Å². The summed E-state index contributed by atoms with van der Waals surface area (Å²) in [7, 11) is 1.29. The summed E-state index contributed by atoms with van der Waals surface area (Å²) in [5, 5.41) is 2.81. The number of esters is 1. The number of nitrogens with one attached hydrogen (secondary N) is 1. The van der Waals surface area contributed by atoms with Crippen molar-refractivity contribution in [2.24, 2.45) is 0 Å². The molecule has 0 bridgehead atoms. The van der Waals surface area contributed by atoms with Gasteiger partial charge in [0.15, 0.2) is 0 Å². The van der Waals surface area contributed by atoms with Gasteiger partial charge in [0.25, 0.3) is 0 Å². The molecule has 1 aliphatic heterocycles. The van der Waals surface area contributed by atoms with Crippen molar-refractivity contribution in [3.05, 3.63) is 12.2 Å². The average Bonchev–Trinajstić information content (AvgIpc) is 2.39. The van der Waals surface area contributed by atoms with Crippen LogP contribution in [0.5, 0.6) is 0 Å². The van der Waals surface area contributed by atoms with Crippen LogP contribution < -0.4 is 5.32 Å². The smallest absolute Gasteiger partial charge is 0.410 e. The second kappa shape index (κ2) is 7.99. The Hall–Kier alpha value is -2.05. The molecule has 1 fully saturated rings. The summed E-state index contributed by atoms with van der Waals surface area (Å²) in [6.07, 6.45) is 3.60. The summed E-state index contributed by atoms with van der Waals surface area (Å²) in [6.45, 7) is 7.74. The predicted octanol–water partition coefficient (Wildman–Crippen LogP) is 1.87. The number of methoxy groups -OCH3 is 1. The minimum absolute atomic E-state index is 0. The highest BCUT2D eigenvalue weighted by Crippen LogP contribution is 2.21. The molecule has 0 aromatic rings. The molecule has 7 heteroatoms. The van der Waals surface area contributed by atoms with E-state index < -0.39 is 23.7 Å². The summed E-state index contributed by atoms with van der Waals surface area (Å²) >= 11 is 0. The van der Waals surface area contributed by atoms with Gasteiger partial charge in [0, 0.05) is 20.1 Å². The number of ether oxygens (including phenoxy) is 2. The standard InChI is InChI=1S/C16H26N2O5.H2/c1-6-11(7-8-13(19)22-5)17-14(20)12-9-10-18(12)15(21)23-16(2,3)4;/h7-8,11-12H,6,9-10H2,1-5H3,(H,17,20);1H/b8-7+;/t11-,12-;/m0./s1. The molecule has 0 aromatic heterocycles. The first-order valence-corrected chi connectivity index (χ1v) is 7.74. The van der Waals surface area contributed by atoms with E-state index >= 15 is 0 Å². The minimum Gasteiger partial charge on any atom is -0.466 e. The first kappa shape index (κ1) is 19.0. The van der Waals surface area contributed by atoms with Gasteiger partial charge in [-0.3, -0.25) is 9.69 Å². The number of rotatable bonds is 5. The first-order chi connectivity index (χ1) is 10.7. The van der Waals surface area contributed by atoms with Crippen molar-refractivity contribution in [1.29, 1.82) is 0 Å². The number of nitrogens with zero attached hydrogens (tertiary/aromatic N) is 1. The van der Waals surface area contributed by atoms with Crippen LogP contribution in [0.25, 0.3) is 0 Å². The molecule has 0 saturated carbocycles. The second-order valence-electron chi connectivity index (χ2n) is 6.38. The summed E-state index contributed by atoms with van der Waals surface area (Å²) in [5.74, 6) is -0.722. The Labute approximate surface area is 138 Å². The van der Waals surface area contributed by atoms with Gasteiger partial charge in [-0.1, -0.05) is 13.0 Å². The summed E-state index contributed by atoms with van der Waals surface area (Å²) in [4.78, 5) is 36.8. The molecule has 0 spiro atoms. The van der Waals surface area contributed by atoms with Crippen molar-refractivity contribution >= 4 is 18.0 Å².